The molecule has 2 atom stereocenters. The summed E-state index contributed by atoms with van der Waals surface area (Å²) in [5.41, 5.74) is 11.4. The number of hydrogen-bond donors (Lipinski definition) is 1. The molecule has 6 rings (SSSR count). The van der Waals surface area contributed by atoms with Gasteiger partial charge in [0.15, 0.2) is 18.3 Å². The first-order valence-electron chi connectivity index (χ1n) is 16.6. The van der Waals surface area contributed by atoms with Gasteiger partial charge in [0.2, 0.25) is 23.1 Å². The summed E-state index contributed by atoms with van der Waals surface area (Å²) in [6.45, 7) is 33.1. The first-order valence-corrected chi connectivity index (χ1v) is 20.1. The van der Waals surface area contributed by atoms with Crippen LogP contribution in [0.15, 0.2) is 91.8 Å². The molecule has 2 aromatic heterocycles. The van der Waals surface area contributed by atoms with Crippen molar-refractivity contribution in [2.75, 3.05) is 6.54 Å². The second kappa shape index (κ2) is 11.3. The molecule has 45 heavy (non-hydrogen) atoms. The minimum absolute atomic E-state index is 0.0163. The number of fused-ring (bicyclic) bond motifs is 8. The van der Waals surface area contributed by atoms with E-state index in [9.17, 15) is 0 Å². The third-order valence-electron chi connectivity index (χ3n) is 9.82. The van der Waals surface area contributed by atoms with Crippen molar-refractivity contribution >= 4 is 24.5 Å². The number of nitrogens with zero attached hydrogens (tertiary/aromatic N) is 2. The van der Waals surface area contributed by atoms with Crippen molar-refractivity contribution in [1.82, 2.24) is 5.32 Å². The molecule has 0 amide bonds. The fourth-order valence-electron chi connectivity index (χ4n) is 7.61. The number of aromatic nitrogens is 2. The summed E-state index contributed by atoms with van der Waals surface area (Å²) >= 11 is 0. The molecule has 3 aliphatic heterocycles. The van der Waals surface area contributed by atoms with Gasteiger partial charge in [0, 0.05) is 35.5 Å². The first kappa shape index (κ1) is 31.3. The topological polar surface area (TPSA) is 29.0 Å². The minimum atomic E-state index is -1.66. The molecular weight excluding hydrogens is 567 g/mol. The Kier molecular flexibility index (Phi) is 7.84. The zero-order valence-corrected chi connectivity index (χ0v) is 29.7. The molecule has 4 nitrogen and oxygen atoms in total. The van der Waals surface area contributed by atoms with Crippen LogP contribution in [0.5, 0.6) is 0 Å². The van der Waals surface area contributed by atoms with Crippen LogP contribution in [0.1, 0.15) is 81.8 Å². The largest absolute Gasteiger partial charge is 0.442 e. The van der Waals surface area contributed by atoms with Crippen LogP contribution in [0, 0.1) is 5.92 Å². The molecule has 2 unspecified atom stereocenters. The van der Waals surface area contributed by atoms with Crippen molar-refractivity contribution in [1.29, 1.82) is 0 Å². The Labute approximate surface area is 271 Å². The summed E-state index contributed by atoms with van der Waals surface area (Å²) in [4.78, 5) is 0. The van der Waals surface area contributed by atoms with Crippen molar-refractivity contribution in [2.45, 2.75) is 90.9 Å². The molecule has 3 aromatic rings. The standard InChI is InChI=1S/C40H51N3OSi/c1-25(2)20-30-21-35-33-15-13-12-14-32(33)34-17-16-29-23-41-28(5)44-27(4)38(29)36-22-31(40(6,7)8)18-19-42(36)26(3)39(34)43(35)24-37(30)45(9,10)11/h12-15,18-19,21-22,24-25,34,39,41H,3-5,16-17,20,23H2,1-2,6-11H3/q+2. The molecule has 234 valence electrons. The molecule has 0 saturated heterocycles. The maximum absolute atomic E-state index is 6.16. The van der Waals surface area contributed by atoms with Crippen LogP contribution >= 0.6 is 0 Å². The van der Waals surface area contributed by atoms with E-state index in [2.05, 4.69) is 137 Å². The van der Waals surface area contributed by atoms with E-state index < -0.39 is 8.07 Å². The van der Waals surface area contributed by atoms with Crippen molar-refractivity contribution in [3.8, 4) is 11.3 Å². The van der Waals surface area contributed by atoms with Gasteiger partial charge in [0.05, 0.1) is 19.6 Å². The highest BCUT2D eigenvalue weighted by molar-refractivity contribution is 6.89. The van der Waals surface area contributed by atoms with Gasteiger partial charge < -0.3 is 10.1 Å². The number of ether oxygens (including phenoxy) is 1. The summed E-state index contributed by atoms with van der Waals surface area (Å²) in [5.74, 6) is 2.04. The van der Waals surface area contributed by atoms with Gasteiger partial charge in [-0.15, -0.1) is 0 Å². The van der Waals surface area contributed by atoms with Gasteiger partial charge in [-0.05, 0) is 72.1 Å². The smallest absolute Gasteiger partial charge is 0.249 e. The Morgan fingerprint density at radius 3 is 2.44 bits per heavy atom. The quantitative estimate of drug-likeness (QED) is 0.239. The van der Waals surface area contributed by atoms with Crippen LogP contribution < -0.4 is 19.6 Å². The van der Waals surface area contributed by atoms with E-state index in [1.165, 1.54) is 33.5 Å². The average molecular weight is 618 g/mol. The molecule has 5 heteroatoms. The lowest BCUT2D eigenvalue weighted by Gasteiger charge is -2.31. The van der Waals surface area contributed by atoms with Crippen molar-refractivity contribution < 1.29 is 13.9 Å². The molecular formula is C40H51N3OSi+2. The molecule has 5 heterocycles. The number of hydrogen-bond acceptors (Lipinski definition) is 2. The molecule has 0 bridgehead atoms. The Bertz CT molecular complexity index is 1760. The molecule has 1 aromatic carbocycles. The van der Waals surface area contributed by atoms with Crippen molar-refractivity contribution in [3.63, 3.8) is 0 Å². The normalized spacial score (nSPS) is 20.0. The van der Waals surface area contributed by atoms with Gasteiger partial charge in [-0.3, -0.25) is 0 Å². The zero-order valence-electron chi connectivity index (χ0n) is 28.7. The second-order valence-electron chi connectivity index (χ2n) is 15.7. The predicted octanol–water partition coefficient (Wildman–Crippen LogP) is 7.93. The highest BCUT2D eigenvalue weighted by Crippen LogP contribution is 2.46. The van der Waals surface area contributed by atoms with Gasteiger partial charge >= 0.3 is 0 Å². The number of rotatable bonds is 3. The summed E-state index contributed by atoms with van der Waals surface area (Å²) in [6.07, 6.45) is 7.77. The molecule has 3 aliphatic rings. The summed E-state index contributed by atoms with van der Waals surface area (Å²) in [7, 11) is -1.66. The van der Waals surface area contributed by atoms with E-state index in [1.54, 1.807) is 5.19 Å². The molecule has 0 spiro atoms. The van der Waals surface area contributed by atoms with Gasteiger partial charge in [-0.2, -0.15) is 9.13 Å². The monoisotopic (exact) mass is 617 g/mol. The summed E-state index contributed by atoms with van der Waals surface area (Å²) < 4.78 is 11.1. The molecule has 1 N–H and O–H groups in total. The van der Waals surface area contributed by atoms with E-state index in [0.29, 0.717) is 24.1 Å². The van der Waals surface area contributed by atoms with Gasteiger partial charge in [-0.25, -0.2) is 0 Å². The SMILES string of the molecule is C=C1NCC2=C(C(=C)O1)c1cc(C(C)(C)C)cc[n+]1C(=C)C1C(CC2)c2ccccc2-c2cc(CC(C)C)c([Si](C)(C)C)c[n+]21. The van der Waals surface area contributed by atoms with Gasteiger partial charge in [-0.1, -0.05) is 79.0 Å². The average Bonchev–Trinajstić information content (AvgIpc) is 3.06. The lowest BCUT2D eigenvalue weighted by Crippen LogP contribution is -2.57. The molecule has 0 saturated carbocycles. The van der Waals surface area contributed by atoms with Crippen LogP contribution in [0.25, 0.3) is 22.5 Å². The van der Waals surface area contributed by atoms with E-state index >= 15 is 0 Å². The van der Waals surface area contributed by atoms with E-state index in [-0.39, 0.29) is 17.4 Å². The Hall–Kier alpha value is -3.70. The first-order chi connectivity index (χ1) is 21.1. The lowest BCUT2D eigenvalue weighted by molar-refractivity contribution is -0.728. The van der Waals surface area contributed by atoms with Crippen LogP contribution in [-0.2, 0) is 16.6 Å². The Morgan fingerprint density at radius 2 is 1.76 bits per heavy atom. The second-order valence-corrected chi connectivity index (χ2v) is 20.8. The maximum Gasteiger partial charge on any atom is 0.249 e. The van der Waals surface area contributed by atoms with Crippen LogP contribution in [0.3, 0.4) is 0 Å². The number of allylic oxidation sites excluding steroid dienone is 2. The van der Waals surface area contributed by atoms with Gasteiger partial charge in [0.1, 0.15) is 5.76 Å². The van der Waals surface area contributed by atoms with Crippen LogP contribution in [-0.4, -0.2) is 14.6 Å². The van der Waals surface area contributed by atoms with E-state index in [1.807, 2.05) is 0 Å². The molecule has 0 radical (unpaired) electrons. The molecule has 0 fully saturated rings. The van der Waals surface area contributed by atoms with Crippen LogP contribution in [0.2, 0.25) is 19.6 Å². The Balaban J connectivity index is 1.65. The number of benzene rings is 1. The fraction of sp³-hybridized carbons (Fsp3) is 0.400. The minimum Gasteiger partial charge on any atom is -0.442 e. The third-order valence-corrected chi connectivity index (χ3v) is 11.9. The highest BCUT2D eigenvalue weighted by atomic mass is 28.3. The summed E-state index contributed by atoms with van der Waals surface area (Å²) in [6, 6.07) is 16.3. The number of nitrogens with one attached hydrogen (secondary N) is 1. The lowest BCUT2D eigenvalue weighted by atomic mass is 9.78. The maximum atomic E-state index is 6.16. The van der Waals surface area contributed by atoms with Crippen molar-refractivity contribution in [3.05, 3.63) is 114 Å². The third kappa shape index (κ3) is 5.65. The Morgan fingerprint density at radius 1 is 1.02 bits per heavy atom. The zero-order chi connectivity index (χ0) is 32.4. The van der Waals surface area contributed by atoms with E-state index in [0.717, 1.165) is 36.2 Å². The van der Waals surface area contributed by atoms with Gasteiger partial charge in [0.25, 0.3) is 0 Å². The van der Waals surface area contributed by atoms with E-state index in [4.69, 9.17) is 11.3 Å². The highest BCUT2D eigenvalue weighted by Gasteiger charge is 2.48. The predicted molar refractivity (Wildman–Crippen MR) is 190 cm³/mol. The van der Waals surface area contributed by atoms with Crippen molar-refractivity contribution in [2.24, 2.45) is 5.92 Å². The number of pyridine rings is 2. The fourth-order valence-corrected chi connectivity index (χ4v) is 9.27. The molecule has 0 aliphatic carbocycles. The summed E-state index contributed by atoms with van der Waals surface area (Å²) in [5, 5.41) is 4.97. The van der Waals surface area contributed by atoms with Crippen LogP contribution in [0.4, 0.5) is 0 Å².